The summed E-state index contributed by atoms with van der Waals surface area (Å²) in [7, 11) is 0. The van der Waals surface area contributed by atoms with Crippen molar-refractivity contribution in [3.8, 4) is 0 Å². The third-order valence-corrected chi connectivity index (χ3v) is 5.54. The Morgan fingerprint density at radius 2 is 1.50 bits per heavy atom. The average Bonchev–Trinajstić information content (AvgIpc) is 3.16. The van der Waals surface area contributed by atoms with E-state index in [1.807, 2.05) is 30.3 Å². The highest BCUT2D eigenvalue weighted by Crippen LogP contribution is 2.26. The summed E-state index contributed by atoms with van der Waals surface area (Å²) >= 11 is 11.9. The van der Waals surface area contributed by atoms with E-state index in [1.54, 1.807) is 47.4 Å². The smallest absolute Gasteiger partial charge is 0.255 e. The highest BCUT2D eigenvalue weighted by molar-refractivity contribution is 6.35. The molecule has 162 valence electrons. The van der Waals surface area contributed by atoms with Crippen molar-refractivity contribution in [1.82, 2.24) is 0 Å². The fraction of sp³-hybridized carbons (Fsp3) is 0.125. The third kappa shape index (κ3) is 5.10. The zero-order chi connectivity index (χ0) is 22.7. The minimum atomic E-state index is -0.446. The Balaban J connectivity index is 1.36. The van der Waals surface area contributed by atoms with Crippen LogP contribution >= 0.6 is 23.2 Å². The first-order chi connectivity index (χ1) is 15.4. The lowest BCUT2D eigenvalue weighted by atomic mass is 10.1. The van der Waals surface area contributed by atoms with Crippen LogP contribution in [0.1, 0.15) is 16.8 Å². The number of amides is 3. The van der Waals surface area contributed by atoms with Gasteiger partial charge in [0.15, 0.2) is 0 Å². The summed E-state index contributed by atoms with van der Waals surface area (Å²) in [6, 6.07) is 20.5. The van der Waals surface area contributed by atoms with Gasteiger partial charge < -0.3 is 15.5 Å². The molecule has 1 atom stereocenters. The molecule has 0 aromatic heterocycles. The van der Waals surface area contributed by atoms with E-state index in [0.717, 1.165) is 5.69 Å². The summed E-state index contributed by atoms with van der Waals surface area (Å²) in [5.74, 6) is -1.09. The summed E-state index contributed by atoms with van der Waals surface area (Å²) in [6.07, 6.45) is 0.156. The van der Waals surface area contributed by atoms with Gasteiger partial charge in [-0.25, -0.2) is 0 Å². The molecule has 1 unspecified atom stereocenters. The van der Waals surface area contributed by atoms with Gasteiger partial charge in [-0.3, -0.25) is 14.4 Å². The lowest BCUT2D eigenvalue weighted by molar-refractivity contribution is -0.122. The van der Waals surface area contributed by atoms with Gasteiger partial charge in [0.25, 0.3) is 5.91 Å². The Labute approximate surface area is 195 Å². The van der Waals surface area contributed by atoms with E-state index < -0.39 is 5.92 Å². The molecule has 1 aliphatic rings. The zero-order valence-electron chi connectivity index (χ0n) is 16.8. The first kappa shape index (κ1) is 21.9. The summed E-state index contributed by atoms with van der Waals surface area (Å²) in [5, 5.41) is 6.39. The first-order valence-electron chi connectivity index (χ1n) is 9.93. The molecule has 8 heteroatoms. The quantitative estimate of drug-likeness (QED) is 0.538. The van der Waals surface area contributed by atoms with Crippen molar-refractivity contribution in [3.63, 3.8) is 0 Å². The molecular formula is C24H19Cl2N3O3. The van der Waals surface area contributed by atoms with Crippen LogP contribution in [0.25, 0.3) is 0 Å². The van der Waals surface area contributed by atoms with Crippen molar-refractivity contribution >= 4 is 58.0 Å². The number of halogens is 2. The predicted octanol–water partition coefficient (Wildman–Crippen LogP) is 5.24. The monoisotopic (exact) mass is 467 g/mol. The summed E-state index contributed by atoms with van der Waals surface area (Å²) in [5.41, 5.74) is 2.22. The molecule has 0 saturated carbocycles. The van der Waals surface area contributed by atoms with Gasteiger partial charge >= 0.3 is 0 Å². The molecule has 4 rings (SSSR count). The van der Waals surface area contributed by atoms with Gasteiger partial charge in [0.1, 0.15) is 0 Å². The average molecular weight is 468 g/mol. The van der Waals surface area contributed by atoms with E-state index in [0.29, 0.717) is 33.5 Å². The van der Waals surface area contributed by atoms with Gasteiger partial charge in [0.2, 0.25) is 11.8 Å². The summed E-state index contributed by atoms with van der Waals surface area (Å²) < 4.78 is 0. The highest BCUT2D eigenvalue weighted by Gasteiger charge is 2.35. The summed E-state index contributed by atoms with van der Waals surface area (Å²) in [6.45, 7) is 0.331. The molecular weight excluding hydrogens is 449 g/mol. The molecule has 3 amide bonds. The Morgan fingerprint density at radius 1 is 0.844 bits per heavy atom. The van der Waals surface area contributed by atoms with Crippen molar-refractivity contribution in [2.24, 2.45) is 5.92 Å². The zero-order valence-corrected chi connectivity index (χ0v) is 18.4. The molecule has 3 aromatic carbocycles. The molecule has 6 nitrogen and oxygen atoms in total. The largest absolute Gasteiger partial charge is 0.326 e. The third-order valence-electron chi connectivity index (χ3n) is 5.10. The predicted molar refractivity (Wildman–Crippen MR) is 126 cm³/mol. The second-order valence-corrected chi connectivity index (χ2v) is 8.29. The number of nitrogens with one attached hydrogen (secondary N) is 2. The van der Waals surface area contributed by atoms with Crippen LogP contribution in [0, 0.1) is 5.92 Å². The van der Waals surface area contributed by atoms with E-state index in [1.165, 1.54) is 0 Å². The van der Waals surface area contributed by atoms with Crippen LogP contribution in [-0.2, 0) is 9.59 Å². The molecule has 1 saturated heterocycles. The topological polar surface area (TPSA) is 78.5 Å². The lowest BCUT2D eigenvalue weighted by Crippen LogP contribution is -2.28. The van der Waals surface area contributed by atoms with Gasteiger partial charge in [-0.2, -0.15) is 0 Å². The second kappa shape index (κ2) is 9.42. The molecule has 0 radical (unpaired) electrons. The van der Waals surface area contributed by atoms with Crippen LogP contribution in [0.15, 0.2) is 72.8 Å². The van der Waals surface area contributed by atoms with E-state index in [-0.39, 0.29) is 24.1 Å². The summed E-state index contributed by atoms with van der Waals surface area (Å²) in [4.78, 5) is 39.1. The van der Waals surface area contributed by atoms with Gasteiger partial charge in [-0.05, 0) is 54.6 Å². The van der Waals surface area contributed by atoms with Crippen LogP contribution in [0.2, 0.25) is 10.0 Å². The van der Waals surface area contributed by atoms with Crippen LogP contribution < -0.4 is 15.5 Å². The number of hydrogen-bond donors (Lipinski definition) is 2. The molecule has 1 fully saturated rings. The molecule has 1 aliphatic heterocycles. The molecule has 32 heavy (non-hydrogen) atoms. The van der Waals surface area contributed by atoms with Crippen molar-refractivity contribution in [2.45, 2.75) is 6.42 Å². The highest BCUT2D eigenvalue weighted by atomic mass is 35.5. The Kier molecular flexibility index (Phi) is 6.44. The standard InChI is InChI=1S/C24H19Cl2N3O3/c25-17-11-18(26)13-20(12-17)28-23(31)15-6-8-19(9-7-15)27-24(32)16-10-22(30)29(14-16)21-4-2-1-3-5-21/h1-9,11-13,16H,10,14H2,(H,27,32)(H,28,31). The Morgan fingerprint density at radius 3 is 2.16 bits per heavy atom. The maximum atomic E-state index is 12.7. The van der Waals surface area contributed by atoms with E-state index in [9.17, 15) is 14.4 Å². The molecule has 2 N–H and O–H groups in total. The van der Waals surface area contributed by atoms with Crippen LogP contribution in [0.4, 0.5) is 17.1 Å². The van der Waals surface area contributed by atoms with Gasteiger partial charge in [0.05, 0.1) is 5.92 Å². The maximum Gasteiger partial charge on any atom is 0.255 e. The molecule has 0 aliphatic carbocycles. The Hall–Kier alpha value is -3.35. The number of para-hydroxylation sites is 1. The molecule has 1 heterocycles. The van der Waals surface area contributed by atoms with Crippen molar-refractivity contribution in [3.05, 3.63) is 88.4 Å². The van der Waals surface area contributed by atoms with Crippen molar-refractivity contribution < 1.29 is 14.4 Å². The minimum absolute atomic E-state index is 0.0792. The number of hydrogen-bond acceptors (Lipinski definition) is 3. The van der Waals surface area contributed by atoms with E-state index in [4.69, 9.17) is 23.2 Å². The number of rotatable bonds is 5. The Bertz CT molecular complexity index is 1150. The van der Waals surface area contributed by atoms with Crippen LogP contribution in [0.5, 0.6) is 0 Å². The maximum absolute atomic E-state index is 12.7. The van der Waals surface area contributed by atoms with Crippen molar-refractivity contribution in [2.75, 3.05) is 22.1 Å². The fourth-order valence-electron chi connectivity index (χ4n) is 3.52. The number of carbonyl (C=O) groups is 3. The van der Waals surface area contributed by atoms with Crippen LogP contribution in [0.3, 0.4) is 0 Å². The SMILES string of the molecule is O=C(Nc1cc(Cl)cc(Cl)c1)c1ccc(NC(=O)C2CC(=O)N(c3ccccc3)C2)cc1. The lowest BCUT2D eigenvalue weighted by Gasteiger charge is -2.16. The number of carbonyl (C=O) groups excluding carboxylic acids is 3. The molecule has 0 spiro atoms. The second-order valence-electron chi connectivity index (χ2n) is 7.42. The molecule has 3 aromatic rings. The van der Waals surface area contributed by atoms with Crippen LogP contribution in [-0.4, -0.2) is 24.3 Å². The number of benzene rings is 3. The minimum Gasteiger partial charge on any atom is -0.326 e. The van der Waals surface area contributed by atoms with Gasteiger partial charge in [-0.1, -0.05) is 41.4 Å². The van der Waals surface area contributed by atoms with Gasteiger partial charge in [-0.15, -0.1) is 0 Å². The molecule has 0 bridgehead atoms. The normalized spacial score (nSPS) is 15.5. The van der Waals surface area contributed by atoms with E-state index in [2.05, 4.69) is 10.6 Å². The number of nitrogens with zero attached hydrogens (tertiary/aromatic N) is 1. The van der Waals surface area contributed by atoms with Gasteiger partial charge in [0, 0.05) is 45.6 Å². The number of anilines is 3. The first-order valence-corrected chi connectivity index (χ1v) is 10.7. The van der Waals surface area contributed by atoms with Crippen molar-refractivity contribution in [1.29, 1.82) is 0 Å². The fourth-order valence-corrected chi connectivity index (χ4v) is 4.05. The van der Waals surface area contributed by atoms with E-state index >= 15 is 0 Å².